The number of nitrogens with one attached hydrogen (secondary N) is 2. The van der Waals surface area contributed by atoms with Gasteiger partial charge in [0.2, 0.25) is 5.91 Å². The van der Waals surface area contributed by atoms with E-state index in [4.69, 9.17) is 5.11 Å². The van der Waals surface area contributed by atoms with Crippen molar-refractivity contribution in [2.24, 2.45) is 0 Å². The molecule has 0 aliphatic carbocycles. The Balaban J connectivity index is 2.52. The number of carboxylic acid groups (broad SMARTS) is 1. The maximum Gasteiger partial charge on any atom is 0.330 e. The van der Waals surface area contributed by atoms with Crippen LogP contribution in [0.5, 0.6) is 0 Å². The lowest BCUT2D eigenvalue weighted by Crippen LogP contribution is -2.48. The molecule has 0 aliphatic heterocycles. The van der Waals surface area contributed by atoms with Gasteiger partial charge in [-0.25, -0.2) is 4.79 Å². The fraction of sp³-hybridized carbons (Fsp3) is 0.385. The van der Waals surface area contributed by atoms with Crippen LogP contribution in [-0.4, -0.2) is 36.6 Å². The largest absolute Gasteiger partial charge is 0.480 e. The van der Waals surface area contributed by atoms with Crippen molar-refractivity contribution in [1.29, 1.82) is 0 Å². The molecule has 1 aromatic rings. The van der Waals surface area contributed by atoms with E-state index in [1.54, 1.807) is 0 Å². The van der Waals surface area contributed by atoms with Gasteiger partial charge in [0, 0.05) is 11.0 Å². The predicted octanol–water partition coefficient (Wildman–Crippen LogP) is 1.09. The second-order valence-electron chi connectivity index (χ2n) is 4.17. The van der Waals surface area contributed by atoms with Gasteiger partial charge in [-0.3, -0.25) is 10.1 Å². The Labute approximate surface area is 120 Å². The van der Waals surface area contributed by atoms with Crippen LogP contribution < -0.4 is 10.6 Å². The second-order valence-corrected chi connectivity index (χ2v) is 5.09. The van der Waals surface area contributed by atoms with Crippen LogP contribution in [0.15, 0.2) is 22.7 Å². The van der Waals surface area contributed by atoms with E-state index >= 15 is 0 Å². The molecule has 0 saturated heterocycles. The molecule has 1 rings (SSSR count). The van der Waals surface area contributed by atoms with E-state index in [0.29, 0.717) is 13.0 Å². The number of amides is 1. The van der Waals surface area contributed by atoms with Crippen molar-refractivity contribution < 1.29 is 14.7 Å². The molecule has 0 heterocycles. The second kappa shape index (κ2) is 7.25. The quantitative estimate of drug-likeness (QED) is 0.683. The van der Waals surface area contributed by atoms with Crippen LogP contribution in [0.4, 0.5) is 0 Å². The summed E-state index contributed by atoms with van der Waals surface area (Å²) in [4.78, 5) is 22.4. The van der Waals surface area contributed by atoms with E-state index in [1.807, 2.05) is 25.1 Å². The normalized spacial score (nSPS) is 11.9. The van der Waals surface area contributed by atoms with Gasteiger partial charge in [-0.1, -0.05) is 22.0 Å². The first-order valence-corrected chi connectivity index (χ1v) is 6.68. The summed E-state index contributed by atoms with van der Waals surface area (Å²) in [5, 5.41) is 13.9. The number of rotatable bonds is 6. The topological polar surface area (TPSA) is 78.4 Å². The van der Waals surface area contributed by atoms with Crippen molar-refractivity contribution in [3.05, 3.63) is 33.8 Å². The third-order valence-electron chi connectivity index (χ3n) is 2.80. The van der Waals surface area contributed by atoms with Crippen LogP contribution in [0, 0.1) is 6.92 Å². The Bertz CT molecular complexity index is 477. The number of aryl methyl sites for hydroxylation is 1. The standard InChI is InChI=1S/C13H17BrN2O3/c1-8-3-4-10(14)7-9(8)5-6-16-12(17)11(15-2)13(18)19/h3-4,7,11,15H,5-6H2,1-2H3,(H,16,17)(H,18,19). The molecule has 6 heteroatoms. The zero-order chi connectivity index (χ0) is 14.4. The Morgan fingerprint density at radius 1 is 1.42 bits per heavy atom. The third kappa shape index (κ3) is 4.65. The van der Waals surface area contributed by atoms with E-state index in [1.165, 1.54) is 7.05 Å². The number of halogens is 1. The minimum atomic E-state index is -1.20. The average molecular weight is 329 g/mol. The molecule has 19 heavy (non-hydrogen) atoms. The average Bonchev–Trinajstić information content (AvgIpc) is 2.34. The molecule has 0 aromatic heterocycles. The molecule has 1 aromatic carbocycles. The first-order chi connectivity index (χ1) is 8.95. The smallest absolute Gasteiger partial charge is 0.330 e. The highest BCUT2D eigenvalue weighted by Crippen LogP contribution is 2.16. The molecular formula is C13H17BrN2O3. The molecule has 0 saturated carbocycles. The number of hydrogen-bond donors (Lipinski definition) is 3. The van der Waals surface area contributed by atoms with Crippen molar-refractivity contribution in [2.45, 2.75) is 19.4 Å². The van der Waals surface area contributed by atoms with Crippen molar-refractivity contribution in [2.75, 3.05) is 13.6 Å². The van der Waals surface area contributed by atoms with E-state index < -0.39 is 17.9 Å². The van der Waals surface area contributed by atoms with Gasteiger partial charge >= 0.3 is 5.97 Å². The summed E-state index contributed by atoms with van der Waals surface area (Å²) in [7, 11) is 1.44. The van der Waals surface area contributed by atoms with Crippen molar-refractivity contribution >= 4 is 27.8 Å². The summed E-state index contributed by atoms with van der Waals surface area (Å²) < 4.78 is 0.984. The Hall–Kier alpha value is -1.40. The Kier molecular flexibility index (Phi) is 5.98. The molecule has 3 N–H and O–H groups in total. The van der Waals surface area contributed by atoms with Gasteiger partial charge in [-0.15, -0.1) is 0 Å². The van der Waals surface area contributed by atoms with Gasteiger partial charge < -0.3 is 10.4 Å². The van der Waals surface area contributed by atoms with Crippen molar-refractivity contribution in [3.63, 3.8) is 0 Å². The molecule has 0 aliphatic rings. The molecule has 1 unspecified atom stereocenters. The molecule has 0 fully saturated rings. The molecule has 5 nitrogen and oxygen atoms in total. The van der Waals surface area contributed by atoms with Crippen LogP contribution in [0.25, 0.3) is 0 Å². The lowest BCUT2D eigenvalue weighted by Gasteiger charge is -2.12. The lowest BCUT2D eigenvalue weighted by atomic mass is 10.1. The van der Waals surface area contributed by atoms with Gasteiger partial charge in [-0.05, 0) is 43.7 Å². The molecule has 1 atom stereocenters. The third-order valence-corrected chi connectivity index (χ3v) is 3.30. The van der Waals surface area contributed by atoms with Gasteiger partial charge in [0.05, 0.1) is 0 Å². The van der Waals surface area contributed by atoms with Gasteiger partial charge in [0.25, 0.3) is 0 Å². The number of likely N-dealkylation sites (N-methyl/N-ethyl adjacent to an activating group) is 1. The molecule has 0 bridgehead atoms. The van der Waals surface area contributed by atoms with Crippen molar-refractivity contribution in [1.82, 2.24) is 10.6 Å². The number of carbonyl (C=O) groups excluding carboxylic acids is 1. The highest BCUT2D eigenvalue weighted by molar-refractivity contribution is 9.10. The van der Waals surface area contributed by atoms with E-state index in [0.717, 1.165) is 15.6 Å². The number of carbonyl (C=O) groups is 2. The fourth-order valence-electron chi connectivity index (χ4n) is 1.70. The summed E-state index contributed by atoms with van der Waals surface area (Å²) in [5.74, 6) is -1.71. The summed E-state index contributed by atoms with van der Waals surface area (Å²) in [6.07, 6.45) is 0.660. The molecular weight excluding hydrogens is 312 g/mol. The van der Waals surface area contributed by atoms with E-state index in [9.17, 15) is 9.59 Å². The highest BCUT2D eigenvalue weighted by Gasteiger charge is 2.23. The zero-order valence-corrected chi connectivity index (χ0v) is 12.5. The SMILES string of the molecule is CNC(C(=O)O)C(=O)NCCc1cc(Br)ccc1C. The minimum Gasteiger partial charge on any atom is -0.480 e. The number of carboxylic acids is 1. The fourth-order valence-corrected chi connectivity index (χ4v) is 2.11. The first kappa shape index (κ1) is 15.7. The maximum atomic E-state index is 11.6. The zero-order valence-electron chi connectivity index (χ0n) is 10.9. The summed E-state index contributed by atoms with van der Waals surface area (Å²) in [6.45, 7) is 2.40. The summed E-state index contributed by atoms with van der Waals surface area (Å²) in [5.41, 5.74) is 2.26. The molecule has 0 spiro atoms. The predicted molar refractivity (Wildman–Crippen MR) is 76.1 cm³/mol. The van der Waals surface area contributed by atoms with Gasteiger partial charge in [0.15, 0.2) is 6.04 Å². The first-order valence-electron chi connectivity index (χ1n) is 5.88. The molecule has 0 radical (unpaired) electrons. The summed E-state index contributed by atoms with van der Waals surface area (Å²) >= 11 is 3.40. The van der Waals surface area contributed by atoms with E-state index in [-0.39, 0.29) is 0 Å². The van der Waals surface area contributed by atoms with Crippen LogP contribution in [0.2, 0.25) is 0 Å². The molecule has 1 amide bonds. The van der Waals surface area contributed by atoms with Crippen LogP contribution in [-0.2, 0) is 16.0 Å². The Morgan fingerprint density at radius 3 is 2.68 bits per heavy atom. The number of hydrogen-bond acceptors (Lipinski definition) is 3. The number of aliphatic carboxylic acids is 1. The number of benzene rings is 1. The van der Waals surface area contributed by atoms with Crippen LogP contribution in [0.1, 0.15) is 11.1 Å². The van der Waals surface area contributed by atoms with Crippen LogP contribution >= 0.6 is 15.9 Å². The highest BCUT2D eigenvalue weighted by atomic mass is 79.9. The van der Waals surface area contributed by atoms with Crippen LogP contribution in [0.3, 0.4) is 0 Å². The van der Waals surface area contributed by atoms with Crippen molar-refractivity contribution in [3.8, 4) is 0 Å². The lowest BCUT2D eigenvalue weighted by molar-refractivity contribution is -0.143. The van der Waals surface area contributed by atoms with Gasteiger partial charge in [0.1, 0.15) is 0 Å². The summed E-state index contributed by atoms with van der Waals surface area (Å²) in [6, 6.07) is 4.74. The van der Waals surface area contributed by atoms with E-state index in [2.05, 4.69) is 26.6 Å². The maximum absolute atomic E-state index is 11.6. The monoisotopic (exact) mass is 328 g/mol. The molecule has 104 valence electrons. The minimum absolute atomic E-state index is 0.404. The Morgan fingerprint density at radius 2 is 2.11 bits per heavy atom. The van der Waals surface area contributed by atoms with Gasteiger partial charge in [-0.2, -0.15) is 0 Å².